The van der Waals surface area contributed by atoms with Crippen LogP contribution in [0.25, 0.3) is 22.4 Å². The lowest BCUT2D eigenvalue weighted by Gasteiger charge is -2.21. The monoisotopic (exact) mass is 779 g/mol. The van der Waals surface area contributed by atoms with Crippen molar-refractivity contribution in [2.45, 2.75) is 57.0 Å². The van der Waals surface area contributed by atoms with E-state index in [9.17, 15) is 13.2 Å². The standard InChI is InChI=1S/C43H50ClN7O3S/c1-29(2)30-9-13-35(14-10-30)46-19-6-22-51-40-17-20-45-28-38(40)42(48-51)33-12-16-39(44)37(26-33)32-7-5-8-34(25-32)43(52)47-21-24-50-23-18-31-11-15-36(27-41(31)50)55(53,54)49(3)4/h5,7-16,25-27,29,45-46H,6,17-24,28H2,1-4H3,(H,47,52). The van der Waals surface area contributed by atoms with E-state index in [0.717, 1.165) is 91.3 Å². The minimum atomic E-state index is -3.54. The highest BCUT2D eigenvalue weighted by atomic mass is 35.5. The van der Waals surface area contributed by atoms with Gasteiger partial charge in [-0.1, -0.05) is 61.8 Å². The third-order valence-electron chi connectivity index (χ3n) is 10.6. The first-order valence-electron chi connectivity index (χ1n) is 19.1. The van der Waals surface area contributed by atoms with Gasteiger partial charge in [-0.2, -0.15) is 5.10 Å². The Hall–Kier alpha value is -4.68. The summed E-state index contributed by atoms with van der Waals surface area (Å²) in [7, 11) is -0.478. The van der Waals surface area contributed by atoms with Gasteiger partial charge in [-0.3, -0.25) is 9.48 Å². The molecule has 0 atom stereocenters. The smallest absolute Gasteiger partial charge is 0.251 e. The SMILES string of the molecule is CC(C)c1ccc(NCCCn2nc(-c3ccc(Cl)c(-c4cccc(C(=O)NCCN5CCc6ccc(S(=O)(=O)N(C)C)cc65)c4)c3)c3c2CCNC3)cc1. The highest BCUT2D eigenvalue weighted by molar-refractivity contribution is 7.89. The van der Waals surface area contributed by atoms with Crippen LogP contribution >= 0.6 is 11.6 Å². The van der Waals surface area contributed by atoms with Gasteiger partial charge in [0.25, 0.3) is 5.91 Å². The van der Waals surface area contributed by atoms with Gasteiger partial charge in [0, 0.05) is 111 Å². The molecule has 55 heavy (non-hydrogen) atoms. The molecule has 4 aromatic carbocycles. The molecule has 2 aliphatic heterocycles. The van der Waals surface area contributed by atoms with Crippen LogP contribution in [0, 0.1) is 0 Å². The van der Waals surface area contributed by atoms with E-state index in [0.29, 0.717) is 29.6 Å². The predicted molar refractivity (Wildman–Crippen MR) is 223 cm³/mol. The molecular weight excluding hydrogens is 730 g/mol. The van der Waals surface area contributed by atoms with Crippen LogP contribution in [0.4, 0.5) is 11.4 Å². The number of anilines is 2. The molecule has 12 heteroatoms. The Morgan fingerprint density at radius 1 is 0.945 bits per heavy atom. The number of nitrogens with zero attached hydrogens (tertiary/aromatic N) is 4. The molecule has 0 fully saturated rings. The number of halogens is 1. The number of hydrogen-bond acceptors (Lipinski definition) is 7. The second-order valence-electron chi connectivity index (χ2n) is 14.8. The maximum atomic E-state index is 13.4. The third kappa shape index (κ3) is 8.45. The molecule has 0 radical (unpaired) electrons. The average Bonchev–Trinajstić information content (AvgIpc) is 3.78. The fraction of sp³-hybridized carbons (Fsp3) is 0.349. The van der Waals surface area contributed by atoms with Gasteiger partial charge < -0.3 is 20.9 Å². The van der Waals surface area contributed by atoms with E-state index in [2.05, 4.69) is 69.7 Å². The number of carbonyl (C=O) groups excluding carboxylic acids is 1. The maximum absolute atomic E-state index is 13.4. The molecule has 3 heterocycles. The highest BCUT2D eigenvalue weighted by Crippen LogP contribution is 2.36. The molecule has 7 rings (SSSR count). The van der Waals surface area contributed by atoms with Crippen molar-refractivity contribution in [3.8, 4) is 22.4 Å². The topological polar surface area (TPSA) is 112 Å². The maximum Gasteiger partial charge on any atom is 0.251 e. The molecule has 1 aromatic heterocycles. The van der Waals surface area contributed by atoms with E-state index in [-0.39, 0.29) is 10.8 Å². The van der Waals surface area contributed by atoms with Crippen LogP contribution in [0.1, 0.15) is 58.9 Å². The van der Waals surface area contributed by atoms with E-state index in [1.54, 1.807) is 18.2 Å². The fourth-order valence-electron chi connectivity index (χ4n) is 7.44. The number of fused-ring (bicyclic) bond motifs is 2. The lowest BCUT2D eigenvalue weighted by atomic mass is 9.97. The van der Waals surface area contributed by atoms with Gasteiger partial charge >= 0.3 is 0 Å². The van der Waals surface area contributed by atoms with Crippen LogP contribution in [-0.4, -0.2) is 75.2 Å². The molecule has 10 nitrogen and oxygen atoms in total. The molecule has 0 saturated heterocycles. The van der Waals surface area contributed by atoms with Gasteiger partial charge in [0.1, 0.15) is 0 Å². The van der Waals surface area contributed by atoms with Crippen molar-refractivity contribution < 1.29 is 13.2 Å². The number of carbonyl (C=O) groups is 1. The molecule has 2 aliphatic rings. The molecule has 3 N–H and O–H groups in total. The molecule has 0 unspecified atom stereocenters. The summed E-state index contributed by atoms with van der Waals surface area (Å²) in [6.07, 6.45) is 2.70. The van der Waals surface area contributed by atoms with Gasteiger partial charge in [0.15, 0.2) is 0 Å². The first kappa shape index (κ1) is 38.6. The zero-order chi connectivity index (χ0) is 38.7. The molecule has 0 spiro atoms. The molecule has 0 bridgehead atoms. The first-order valence-corrected chi connectivity index (χ1v) is 20.9. The number of nitrogens with one attached hydrogen (secondary N) is 3. The molecule has 288 valence electrons. The van der Waals surface area contributed by atoms with E-state index in [1.807, 2.05) is 36.4 Å². The summed E-state index contributed by atoms with van der Waals surface area (Å²) in [6, 6.07) is 27.6. The van der Waals surface area contributed by atoms with Crippen LogP contribution in [0.15, 0.2) is 89.8 Å². The largest absolute Gasteiger partial charge is 0.385 e. The Kier molecular flexibility index (Phi) is 11.6. The summed E-state index contributed by atoms with van der Waals surface area (Å²) in [6.45, 7) is 9.52. The van der Waals surface area contributed by atoms with Crippen LogP contribution in [0.3, 0.4) is 0 Å². The predicted octanol–water partition coefficient (Wildman–Crippen LogP) is 7.18. The van der Waals surface area contributed by atoms with Crippen LogP contribution in [0.2, 0.25) is 5.02 Å². The lowest BCUT2D eigenvalue weighted by Crippen LogP contribution is -2.34. The van der Waals surface area contributed by atoms with Crippen LogP contribution in [0.5, 0.6) is 0 Å². The summed E-state index contributed by atoms with van der Waals surface area (Å²) >= 11 is 6.82. The highest BCUT2D eigenvalue weighted by Gasteiger charge is 2.25. The molecular formula is C43H50ClN7O3S. The first-order chi connectivity index (χ1) is 26.5. The quantitative estimate of drug-likeness (QED) is 0.102. The number of aryl methyl sites for hydroxylation is 1. The number of amides is 1. The Morgan fingerprint density at radius 2 is 1.76 bits per heavy atom. The van der Waals surface area contributed by atoms with Crippen LogP contribution < -0.4 is 20.9 Å². The summed E-state index contributed by atoms with van der Waals surface area (Å²) in [5.41, 5.74) is 11.2. The van der Waals surface area contributed by atoms with E-state index < -0.39 is 10.0 Å². The summed E-state index contributed by atoms with van der Waals surface area (Å²) in [5, 5.41) is 15.9. The minimum absolute atomic E-state index is 0.182. The second-order valence-corrected chi connectivity index (χ2v) is 17.4. The number of rotatable bonds is 14. The van der Waals surface area contributed by atoms with E-state index in [4.69, 9.17) is 16.7 Å². The van der Waals surface area contributed by atoms with Crippen molar-refractivity contribution in [2.75, 3.05) is 57.0 Å². The van der Waals surface area contributed by atoms with Crippen molar-refractivity contribution >= 4 is 38.9 Å². The molecule has 5 aromatic rings. The molecule has 0 aliphatic carbocycles. The molecule has 0 saturated carbocycles. The summed E-state index contributed by atoms with van der Waals surface area (Å²) in [4.78, 5) is 15.8. The van der Waals surface area contributed by atoms with Gasteiger partial charge in [0.05, 0.1) is 10.6 Å². The number of sulfonamides is 1. The number of aromatic nitrogens is 2. The Bertz CT molecular complexity index is 2290. The third-order valence-corrected chi connectivity index (χ3v) is 12.8. The Morgan fingerprint density at radius 3 is 2.55 bits per heavy atom. The zero-order valence-corrected chi connectivity index (χ0v) is 33.6. The second kappa shape index (κ2) is 16.6. The van der Waals surface area contributed by atoms with Crippen molar-refractivity contribution in [3.05, 3.63) is 118 Å². The number of benzene rings is 4. The van der Waals surface area contributed by atoms with Crippen LogP contribution in [-0.2, 0) is 36.0 Å². The average molecular weight is 780 g/mol. The van der Waals surface area contributed by atoms with E-state index >= 15 is 0 Å². The lowest BCUT2D eigenvalue weighted by molar-refractivity contribution is 0.0954. The van der Waals surface area contributed by atoms with Crippen molar-refractivity contribution in [1.29, 1.82) is 0 Å². The Labute approximate surface area is 329 Å². The normalized spacial score (nSPS) is 14.0. The summed E-state index contributed by atoms with van der Waals surface area (Å²) in [5.74, 6) is 0.336. The minimum Gasteiger partial charge on any atom is -0.385 e. The van der Waals surface area contributed by atoms with Gasteiger partial charge in [0.2, 0.25) is 10.0 Å². The number of hydrogen-bond donors (Lipinski definition) is 3. The van der Waals surface area contributed by atoms with Crippen molar-refractivity contribution in [1.82, 2.24) is 24.7 Å². The molecule has 1 amide bonds. The van der Waals surface area contributed by atoms with Gasteiger partial charge in [-0.25, -0.2) is 12.7 Å². The zero-order valence-electron chi connectivity index (χ0n) is 32.0. The fourth-order valence-corrected chi connectivity index (χ4v) is 8.59. The van der Waals surface area contributed by atoms with E-state index in [1.165, 1.54) is 35.2 Å². The van der Waals surface area contributed by atoms with Crippen molar-refractivity contribution in [2.24, 2.45) is 0 Å². The van der Waals surface area contributed by atoms with Gasteiger partial charge in [-0.05, 0) is 84.0 Å². The van der Waals surface area contributed by atoms with Crippen molar-refractivity contribution in [3.63, 3.8) is 0 Å². The van der Waals surface area contributed by atoms with Gasteiger partial charge in [-0.15, -0.1) is 0 Å². The Balaban J connectivity index is 1.02. The summed E-state index contributed by atoms with van der Waals surface area (Å²) < 4.78 is 28.9.